The molecule has 0 bridgehead atoms. The third kappa shape index (κ3) is 2.65. The van der Waals surface area contributed by atoms with E-state index < -0.39 is 0 Å². The number of thiophene rings is 1. The summed E-state index contributed by atoms with van der Waals surface area (Å²) in [7, 11) is 2.01. The number of rotatable bonds is 5. The molecule has 98 valence electrons. The molecule has 0 fully saturated rings. The molecule has 2 aromatic heterocycles. The lowest BCUT2D eigenvalue weighted by molar-refractivity contribution is 0.544. The minimum Gasteiger partial charge on any atom is -0.310 e. The highest BCUT2D eigenvalue weighted by Gasteiger charge is 2.19. The fraction of sp³-hybridized carbons (Fsp3) is 0.500. The Bertz CT molecular complexity index is 499. The fourth-order valence-corrected chi connectivity index (χ4v) is 3.14. The van der Waals surface area contributed by atoms with Crippen molar-refractivity contribution in [3.05, 3.63) is 39.3 Å². The highest BCUT2D eigenvalue weighted by atomic mass is 32.1. The molecule has 18 heavy (non-hydrogen) atoms. The van der Waals surface area contributed by atoms with Gasteiger partial charge in [0.25, 0.3) is 0 Å². The maximum atomic E-state index is 4.52. The van der Waals surface area contributed by atoms with Gasteiger partial charge < -0.3 is 5.32 Å². The first-order valence-electron chi connectivity index (χ1n) is 6.38. The predicted molar refractivity (Wildman–Crippen MR) is 77.1 cm³/mol. The van der Waals surface area contributed by atoms with Crippen molar-refractivity contribution in [3.63, 3.8) is 0 Å². The SMILES string of the molecule is CCNC(Cc1ccsc1)c1c(C)nn(C)c1C. The van der Waals surface area contributed by atoms with Crippen molar-refractivity contribution >= 4 is 11.3 Å². The Balaban J connectivity index is 2.29. The first kappa shape index (κ1) is 13.3. The lowest BCUT2D eigenvalue weighted by Crippen LogP contribution is -2.24. The fourth-order valence-electron chi connectivity index (χ4n) is 2.46. The summed E-state index contributed by atoms with van der Waals surface area (Å²) >= 11 is 1.76. The lowest BCUT2D eigenvalue weighted by atomic mass is 9.98. The molecular weight excluding hydrogens is 242 g/mol. The first-order chi connectivity index (χ1) is 8.63. The average molecular weight is 263 g/mol. The van der Waals surface area contributed by atoms with Crippen LogP contribution in [0.1, 0.15) is 35.5 Å². The highest BCUT2D eigenvalue weighted by molar-refractivity contribution is 7.07. The summed E-state index contributed by atoms with van der Waals surface area (Å²) in [6.07, 6.45) is 1.03. The Kier molecular flexibility index (Phi) is 4.19. The van der Waals surface area contributed by atoms with Crippen molar-refractivity contribution in [2.45, 2.75) is 33.2 Å². The van der Waals surface area contributed by atoms with Crippen LogP contribution in [0.3, 0.4) is 0 Å². The molecule has 2 rings (SSSR count). The molecule has 1 atom stereocenters. The molecule has 0 radical (unpaired) electrons. The van der Waals surface area contributed by atoms with Crippen molar-refractivity contribution in [1.29, 1.82) is 0 Å². The smallest absolute Gasteiger partial charge is 0.0644 e. The summed E-state index contributed by atoms with van der Waals surface area (Å²) in [5.74, 6) is 0. The number of nitrogens with one attached hydrogen (secondary N) is 1. The number of aromatic nitrogens is 2. The minimum atomic E-state index is 0.360. The second-order valence-corrected chi connectivity index (χ2v) is 5.43. The summed E-state index contributed by atoms with van der Waals surface area (Å²) in [6.45, 7) is 7.37. The van der Waals surface area contributed by atoms with Crippen molar-refractivity contribution in [1.82, 2.24) is 15.1 Å². The zero-order valence-corrected chi connectivity index (χ0v) is 12.3. The molecule has 1 unspecified atom stereocenters. The largest absolute Gasteiger partial charge is 0.310 e. The lowest BCUT2D eigenvalue weighted by Gasteiger charge is -2.18. The van der Waals surface area contributed by atoms with Gasteiger partial charge in [-0.2, -0.15) is 16.4 Å². The van der Waals surface area contributed by atoms with Crippen molar-refractivity contribution in [2.75, 3.05) is 6.54 Å². The van der Waals surface area contributed by atoms with E-state index in [4.69, 9.17) is 0 Å². The molecule has 0 amide bonds. The van der Waals surface area contributed by atoms with Crippen LogP contribution < -0.4 is 5.32 Å². The van der Waals surface area contributed by atoms with Gasteiger partial charge >= 0.3 is 0 Å². The Labute approximate surface area is 113 Å². The van der Waals surface area contributed by atoms with Gasteiger partial charge in [0.1, 0.15) is 0 Å². The van der Waals surface area contributed by atoms with E-state index in [-0.39, 0.29) is 0 Å². The predicted octanol–water partition coefficient (Wildman–Crippen LogP) is 2.99. The monoisotopic (exact) mass is 263 g/mol. The molecule has 2 heterocycles. The van der Waals surface area contributed by atoms with Gasteiger partial charge in [-0.1, -0.05) is 6.92 Å². The molecule has 3 nitrogen and oxygen atoms in total. The normalized spacial score (nSPS) is 12.9. The number of hydrogen-bond acceptors (Lipinski definition) is 3. The quantitative estimate of drug-likeness (QED) is 0.898. The maximum Gasteiger partial charge on any atom is 0.0644 e. The summed E-state index contributed by atoms with van der Waals surface area (Å²) in [5, 5.41) is 12.5. The van der Waals surface area contributed by atoms with Crippen LogP contribution in [-0.4, -0.2) is 16.3 Å². The number of nitrogens with zero attached hydrogens (tertiary/aromatic N) is 2. The van der Waals surface area contributed by atoms with Gasteiger partial charge in [-0.15, -0.1) is 0 Å². The van der Waals surface area contributed by atoms with Crippen LogP contribution in [0, 0.1) is 13.8 Å². The van der Waals surface area contributed by atoms with Crippen LogP contribution in [0.15, 0.2) is 16.8 Å². The Morgan fingerprint density at radius 2 is 2.22 bits per heavy atom. The highest BCUT2D eigenvalue weighted by Crippen LogP contribution is 2.25. The van der Waals surface area contributed by atoms with E-state index in [9.17, 15) is 0 Å². The second-order valence-electron chi connectivity index (χ2n) is 4.65. The van der Waals surface area contributed by atoms with Gasteiger partial charge in [0, 0.05) is 24.3 Å². The first-order valence-corrected chi connectivity index (χ1v) is 7.32. The molecule has 0 saturated heterocycles. The second kappa shape index (κ2) is 5.67. The van der Waals surface area contributed by atoms with E-state index in [1.807, 2.05) is 11.7 Å². The van der Waals surface area contributed by atoms with Crippen LogP contribution in [0.2, 0.25) is 0 Å². The Hall–Kier alpha value is -1.13. The van der Waals surface area contributed by atoms with Crippen LogP contribution in [0.25, 0.3) is 0 Å². The minimum absolute atomic E-state index is 0.360. The van der Waals surface area contributed by atoms with Crippen LogP contribution in [0.4, 0.5) is 0 Å². The van der Waals surface area contributed by atoms with Gasteiger partial charge in [0.05, 0.1) is 5.69 Å². The van der Waals surface area contributed by atoms with Crippen LogP contribution >= 0.6 is 11.3 Å². The van der Waals surface area contributed by atoms with E-state index in [2.05, 4.69) is 48.0 Å². The molecule has 1 N–H and O–H groups in total. The van der Waals surface area contributed by atoms with Gasteiger partial charge in [-0.3, -0.25) is 4.68 Å². The van der Waals surface area contributed by atoms with Gasteiger partial charge in [0.2, 0.25) is 0 Å². The van der Waals surface area contributed by atoms with Crippen LogP contribution in [-0.2, 0) is 13.5 Å². The molecular formula is C14H21N3S. The molecule has 0 saturated carbocycles. The zero-order valence-electron chi connectivity index (χ0n) is 11.5. The van der Waals surface area contributed by atoms with E-state index in [0.717, 1.165) is 18.7 Å². The molecule has 0 aliphatic heterocycles. The third-order valence-corrected chi connectivity index (χ3v) is 4.12. The number of aryl methyl sites for hydroxylation is 2. The summed E-state index contributed by atoms with van der Waals surface area (Å²) < 4.78 is 1.97. The molecule has 0 aliphatic carbocycles. The van der Waals surface area contributed by atoms with E-state index in [1.54, 1.807) is 11.3 Å². The molecule has 2 aromatic rings. The van der Waals surface area contributed by atoms with Crippen molar-refractivity contribution in [3.8, 4) is 0 Å². The maximum absolute atomic E-state index is 4.52. The average Bonchev–Trinajstić information content (AvgIpc) is 2.89. The molecule has 4 heteroatoms. The van der Waals surface area contributed by atoms with Crippen molar-refractivity contribution in [2.24, 2.45) is 7.05 Å². The van der Waals surface area contributed by atoms with E-state index in [0.29, 0.717) is 6.04 Å². The zero-order chi connectivity index (χ0) is 13.1. The summed E-state index contributed by atoms with van der Waals surface area (Å²) in [5.41, 5.74) is 5.14. The standard InChI is InChI=1S/C14H21N3S/c1-5-15-13(8-12-6-7-18-9-12)14-10(2)16-17(4)11(14)3/h6-7,9,13,15H,5,8H2,1-4H3. The Morgan fingerprint density at radius 3 is 2.72 bits per heavy atom. The summed E-state index contributed by atoms with van der Waals surface area (Å²) in [6, 6.07) is 2.56. The number of likely N-dealkylation sites (N-methyl/N-ethyl adjacent to an activating group) is 1. The molecule has 0 aliphatic rings. The van der Waals surface area contributed by atoms with E-state index in [1.165, 1.54) is 16.8 Å². The third-order valence-electron chi connectivity index (χ3n) is 3.38. The topological polar surface area (TPSA) is 29.9 Å². The molecule has 0 aromatic carbocycles. The van der Waals surface area contributed by atoms with Gasteiger partial charge in [0.15, 0.2) is 0 Å². The van der Waals surface area contributed by atoms with Crippen LogP contribution in [0.5, 0.6) is 0 Å². The van der Waals surface area contributed by atoms with Gasteiger partial charge in [-0.05, 0) is 49.2 Å². The molecule has 0 spiro atoms. The Morgan fingerprint density at radius 1 is 1.44 bits per heavy atom. The van der Waals surface area contributed by atoms with Gasteiger partial charge in [-0.25, -0.2) is 0 Å². The van der Waals surface area contributed by atoms with E-state index >= 15 is 0 Å². The number of hydrogen-bond donors (Lipinski definition) is 1. The van der Waals surface area contributed by atoms with Crippen molar-refractivity contribution < 1.29 is 0 Å². The summed E-state index contributed by atoms with van der Waals surface area (Å²) in [4.78, 5) is 0.